The Morgan fingerprint density at radius 3 is 2.75 bits per heavy atom. The van der Waals surface area contributed by atoms with Crippen molar-refractivity contribution in [2.24, 2.45) is 0 Å². The second-order valence-corrected chi connectivity index (χ2v) is 10.2. The molecular weight excluding hydrogens is 517 g/mol. The van der Waals surface area contributed by atoms with Crippen molar-refractivity contribution in [1.29, 1.82) is 0 Å². The number of fused-ring (bicyclic) bond motifs is 2. The Hall–Kier alpha value is -2.08. The molecule has 3 aliphatic heterocycles. The van der Waals surface area contributed by atoms with E-state index in [4.69, 9.17) is 9.97 Å². The Morgan fingerprint density at radius 1 is 1.19 bits per heavy atom. The van der Waals surface area contributed by atoms with Crippen molar-refractivity contribution in [2.75, 3.05) is 26.2 Å². The number of halogens is 1. The Bertz CT molecular complexity index is 1190. The van der Waals surface area contributed by atoms with Crippen LogP contribution in [-0.2, 0) is 0 Å². The molecule has 6 rings (SSSR count). The highest BCUT2D eigenvalue weighted by Crippen LogP contribution is 2.43. The zero-order valence-electron chi connectivity index (χ0n) is 18.0. The fourth-order valence-electron chi connectivity index (χ4n) is 5.19. The zero-order valence-corrected chi connectivity index (χ0v) is 20.2. The molecule has 2 fully saturated rings. The molecule has 1 saturated heterocycles. The molecule has 2 aromatic rings. The number of hydrogen-bond acceptors (Lipinski definition) is 6. The standard InChI is InChI=1S/C23H26IN7O/c1-13-18-15(5-6-27-22(18)29-20(13)24)21-28-17-12-26-11-16(14-3-2-4-14)19(17)23(30-21)31(32)9-7-25-8-10-31/h5-6,11-12,14,22,25,27,29H,2-4,7-10H2,1H3/p+1. The number of piperazine rings is 1. The number of hydroxylamine groups is 2. The number of aromatic amines is 1. The van der Waals surface area contributed by atoms with E-state index in [1.807, 2.05) is 18.5 Å². The van der Waals surface area contributed by atoms with Gasteiger partial charge in [0, 0.05) is 29.8 Å². The van der Waals surface area contributed by atoms with Crippen molar-refractivity contribution in [3.63, 3.8) is 0 Å². The molecule has 4 aliphatic rings. The maximum absolute atomic E-state index is 14.1. The third kappa shape index (κ3) is 3.17. The minimum absolute atomic E-state index is 0.00658. The van der Waals surface area contributed by atoms with E-state index in [1.54, 1.807) is 0 Å². The number of rotatable bonds is 3. The normalized spacial score (nSPS) is 24.9. The molecule has 2 aromatic heterocycles. The van der Waals surface area contributed by atoms with Crippen LogP contribution in [0, 0.1) is 5.21 Å². The fraction of sp³-hybridized carbons (Fsp3) is 0.435. The van der Waals surface area contributed by atoms with Gasteiger partial charge in [-0.15, -0.1) is 0 Å². The molecular formula is C23H27IN7O+. The van der Waals surface area contributed by atoms with Gasteiger partial charge in [-0.3, -0.25) is 0 Å². The van der Waals surface area contributed by atoms with E-state index in [2.05, 4.69) is 56.6 Å². The smallest absolute Gasteiger partial charge is 0.240 e. The van der Waals surface area contributed by atoms with Gasteiger partial charge in [-0.05, 0) is 66.1 Å². The van der Waals surface area contributed by atoms with E-state index in [0.717, 1.165) is 38.6 Å². The highest BCUT2D eigenvalue weighted by atomic mass is 127. The Balaban J connectivity index is 1.61. The Morgan fingerprint density at radius 2 is 2.00 bits per heavy atom. The maximum Gasteiger partial charge on any atom is 0.240 e. The van der Waals surface area contributed by atoms with Gasteiger partial charge in [-0.1, -0.05) is 6.42 Å². The summed E-state index contributed by atoms with van der Waals surface area (Å²) in [6, 6.07) is 0. The molecule has 4 N–H and O–H groups in total. The van der Waals surface area contributed by atoms with E-state index in [-0.39, 0.29) is 6.17 Å². The lowest BCUT2D eigenvalue weighted by molar-refractivity contribution is -0.377. The van der Waals surface area contributed by atoms with Gasteiger partial charge in [-0.25, -0.2) is 9.97 Å². The summed E-state index contributed by atoms with van der Waals surface area (Å²) >= 11 is 2.33. The van der Waals surface area contributed by atoms with Crippen LogP contribution in [0.15, 0.2) is 39.5 Å². The average molecular weight is 544 g/mol. The molecule has 1 aliphatic carbocycles. The molecule has 0 aromatic carbocycles. The predicted molar refractivity (Wildman–Crippen MR) is 133 cm³/mol. The van der Waals surface area contributed by atoms with Crippen molar-refractivity contribution in [1.82, 2.24) is 30.6 Å². The van der Waals surface area contributed by atoms with E-state index < -0.39 is 4.65 Å². The number of nitrogens with one attached hydrogen (secondary N) is 4. The van der Waals surface area contributed by atoms with Crippen LogP contribution < -0.4 is 25.6 Å². The molecule has 5 heterocycles. The molecule has 1 atom stereocenters. The van der Waals surface area contributed by atoms with Crippen molar-refractivity contribution < 1.29 is 4.98 Å². The molecule has 0 spiro atoms. The van der Waals surface area contributed by atoms with E-state index in [9.17, 15) is 5.21 Å². The van der Waals surface area contributed by atoms with Gasteiger partial charge in [0.05, 0.1) is 22.2 Å². The molecule has 1 saturated carbocycles. The molecule has 1 unspecified atom stereocenters. The van der Waals surface area contributed by atoms with Gasteiger partial charge in [-0.2, -0.15) is 4.98 Å². The summed E-state index contributed by atoms with van der Waals surface area (Å²) in [5.74, 6) is 1.73. The van der Waals surface area contributed by atoms with Crippen LogP contribution >= 0.6 is 22.6 Å². The number of allylic oxidation sites excluding steroid dienone is 2. The minimum atomic E-state index is -0.401. The van der Waals surface area contributed by atoms with Gasteiger partial charge in [0.25, 0.3) is 0 Å². The molecule has 0 amide bonds. The second-order valence-electron chi connectivity index (χ2n) is 9.10. The summed E-state index contributed by atoms with van der Waals surface area (Å²) in [5.41, 5.74) is 5.35. The fourth-order valence-corrected chi connectivity index (χ4v) is 5.79. The molecule has 0 bridgehead atoms. The van der Waals surface area contributed by atoms with Gasteiger partial charge < -0.3 is 25.8 Å². The van der Waals surface area contributed by atoms with Gasteiger partial charge in [0.2, 0.25) is 5.82 Å². The first-order chi connectivity index (χ1) is 15.5. The molecule has 9 heteroatoms. The van der Waals surface area contributed by atoms with Gasteiger partial charge >= 0.3 is 0 Å². The van der Waals surface area contributed by atoms with Crippen molar-refractivity contribution in [3.05, 3.63) is 56.1 Å². The SMILES string of the molecule is CC1=C(I)NC2NC=CC(c3nc([N+]4([O-])CCNCC4)c4c(C5CCC5)c[nH+]cc4n3)=C12. The first-order valence-corrected chi connectivity index (χ1v) is 12.4. The lowest BCUT2D eigenvalue weighted by Crippen LogP contribution is -2.56. The van der Waals surface area contributed by atoms with Gasteiger partial charge in [0.1, 0.15) is 11.7 Å². The summed E-state index contributed by atoms with van der Waals surface area (Å²) in [4.78, 5) is 13.4. The number of nitrogens with zero attached hydrogens (tertiary/aromatic N) is 3. The van der Waals surface area contributed by atoms with Crippen molar-refractivity contribution in [2.45, 2.75) is 38.3 Å². The number of pyridine rings is 1. The third-order valence-electron chi connectivity index (χ3n) is 7.23. The number of dihydropyridines is 1. The number of aromatic nitrogens is 3. The van der Waals surface area contributed by atoms with E-state index in [0.29, 0.717) is 43.7 Å². The van der Waals surface area contributed by atoms with Crippen LogP contribution in [0.5, 0.6) is 0 Å². The lowest BCUT2D eigenvalue weighted by atomic mass is 9.79. The maximum atomic E-state index is 14.1. The summed E-state index contributed by atoms with van der Waals surface area (Å²) in [6.07, 6.45) is 11.5. The predicted octanol–water partition coefficient (Wildman–Crippen LogP) is 2.59. The van der Waals surface area contributed by atoms with Crippen LogP contribution in [0.2, 0.25) is 0 Å². The highest BCUT2D eigenvalue weighted by Gasteiger charge is 2.35. The molecule has 32 heavy (non-hydrogen) atoms. The quantitative estimate of drug-likeness (QED) is 0.238. The molecule has 0 radical (unpaired) electrons. The topological polar surface area (TPSA) is 99.1 Å². The van der Waals surface area contributed by atoms with Crippen LogP contribution in [0.4, 0.5) is 5.82 Å². The largest absolute Gasteiger partial charge is 0.626 e. The zero-order chi connectivity index (χ0) is 21.9. The molecule has 8 nitrogen and oxygen atoms in total. The second kappa shape index (κ2) is 7.75. The van der Waals surface area contributed by atoms with Crippen LogP contribution in [0.1, 0.15) is 43.5 Å². The van der Waals surface area contributed by atoms with Crippen LogP contribution in [0.25, 0.3) is 16.5 Å². The van der Waals surface area contributed by atoms with Crippen LogP contribution in [-0.4, -0.2) is 42.3 Å². The van der Waals surface area contributed by atoms with Gasteiger partial charge in [0.15, 0.2) is 18.2 Å². The highest BCUT2D eigenvalue weighted by molar-refractivity contribution is 14.1. The van der Waals surface area contributed by atoms with Crippen LogP contribution in [0.3, 0.4) is 0 Å². The van der Waals surface area contributed by atoms with E-state index in [1.165, 1.54) is 17.6 Å². The third-order valence-corrected chi connectivity index (χ3v) is 8.35. The van der Waals surface area contributed by atoms with E-state index >= 15 is 0 Å². The lowest BCUT2D eigenvalue weighted by Gasteiger charge is -2.44. The number of H-pyrrole nitrogens is 1. The summed E-state index contributed by atoms with van der Waals surface area (Å²) in [6.45, 7) is 4.49. The first kappa shape index (κ1) is 20.5. The monoisotopic (exact) mass is 544 g/mol. The number of quaternary nitrogens is 1. The summed E-state index contributed by atoms with van der Waals surface area (Å²) in [5, 5.41) is 25.3. The summed E-state index contributed by atoms with van der Waals surface area (Å²) < 4.78 is 0.716. The Labute approximate surface area is 200 Å². The first-order valence-electron chi connectivity index (χ1n) is 11.4. The Kier molecular flexibility index (Phi) is 4.97. The minimum Gasteiger partial charge on any atom is -0.626 e. The average Bonchev–Trinajstić information content (AvgIpc) is 3.06. The van der Waals surface area contributed by atoms with Crippen molar-refractivity contribution in [3.8, 4) is 0 Å². The van der Waals surface area contributed by atoms with Crippen molar-refractivity contribution >= 4 is 44.9 Å². The number of hydrogen-bond donors (Lipinski definition) is 3. The molecule has 166 valence electrons. The summed E-state index contributed by atoms with van der Waals surface area (Å²) in [7, 11) is 0.